The van der Waals surface area contributed by atoms with Crippen molar-refractivity contribution in [3.05, 3.63) is 23.8 Å². The van der Waals surface area contributed by atoms with E-state index in [0.29, 0.717) is 0 Å². The van der Waals surface area contributed by atoms with Crippen LogP contribution in [0.4, 0.5) is 0 Å². The number of methoxy groups -OCH3 is 1. The van der Waals surface area contributed by atoms with Crippen molar-refractivity contribution in [3.63, 3.8) is 0 Å². The van der Waals surface area contributed by atoms with Crippen LogP contribution in [-0.2, 0) is 19.5 Å². The summed E-state index contributed by atoms with van der Waals surface area (Å²) in [6.45, 7) is 0. The molecule has 0 amide bonds. The van der Waals surface area contributed by atoms with Crippen molar-refractivity contribution in [2.24, 2.45) is 0 Å². The summed E-state index contributed by atoms with van der Waals surface area (Å²) in [6, 6.07) is 0. The molecule has 0 radical (unpaired) electrons. The molecule has 0 aliphatic carbocycles. The molecule has 0 saturated carbocycles. The van der Waals surface area contributed by atoms with Gasteiger partial charge in [-0.2, -0.15) is 0 Å². The van der Waals surface area contributed by atoms with Gasteiger partial charge < -0.3 is 4.74 Å². The Morgan fingerprint density at radius 2 is 2.13 bits per heavy atom. The zero-order chi connectivity index (χ0) is 11.5. The Kier molecular flexibility index (Phi) is 3.59. The molecule has 0 unspecified atom stereocenters. The molecule has 0 bridgehead atoms. The van der Waals surface area contributed by atoms with Gasteiger partial charge in [0.05, 0.1) is 25.2 Å². The minimum Gasteiger partial charge on any atom is -0.464 e. The Bertz CT molecular complexity index is 456. The Morgan fingerprint density at radius 3 is 2.53 bits per heavy atom. The van der Waals surface area contributed by atoms with E-state index < -0.39 is 20.8 Å². The predicted octanol–water partition coefficient (Wildman–Crippen LogP) is 0.332. The van der Waals surface area contributed by atoms with Crippen LogP contribution in [0.2, 0.25) is 0 Å². The van der Waals surface area contributed by atoms with E-state index in [0.717, 1.165) is 12.4 Å². The third-order valence-electron chi connectivity index (χ3n) is 1.42. The summed E-state index contributed by atoms with van der Waals surface area (Å²) in [4.78, 5) is 18.3. The lowest BCUT2D eigenvalue weighted by Gasteiger charge is -1.99. The fourth-order valence-electron chi connectivity index (χ4n) is 0.816. The molecule has 6 nitrogen and oxygen atoms in total. The average molecular weight is 251 g/mol. The third-order valence-corrected chi connectivity index (χ3v) is 2.39. The molecule has 1 aromatic heterocycles. The Labute approximate surface area is 90.7 Å². The summed E-state index contributed by atoms with van der Waals surface area (Å²) in [7, 11) is 2.56. The van der Waals surface area contributed by atoms with Crippen molar-refractivity contribution in [1.29, 1.82) is 0 Å². The fourth-order valence-corrected chi connectivity index (χ4v) is 1.65. The van der Waals surface area contributed by atoms with Crippen LogP contribution in [0.3, 0.4) is 0 Å². The molecule has 0 saturated heterocycles. The number of halogens is 1. The predicted molar refractivity (Wildman–Crippen MR) is 51.8 cm³/mol. The van der Waals surface area contributed by atoms with E-state index in [-0.39, 0.29) is 11.4 Å². The number of nitrogens with zero attached hydrogens (tertiary/aromatic N) is 2. The highest BCUT2D eigenvalue weighted by Crippen LogP contribution is 2.06. The molecule has 0 aliphatic heterocycles. The molecule has 15 heavy (non-hydrogen) atoms. The Balaban J connectivity index is 2.86. The second-order valence-electron chi connectivity index (χ2n) is 2.57. The van der Waals surface area contributed by atoms with Gasteiger partial charge in [0.15, 0.2) is 5.69 Å². The summed E-state index contributed by atoms with van der Waals surface area (Å²) in [5.74, 6) is -1.06. The average Bonchev–Trinajstić information content (AvgIpc) is 2.15. The number of carbonyl (C=O) groups excluding carboxylic acids is 1. The van der Waals surface area contributed by atoms with Crippen molar-refractivity contribution in [3.8, 4) is 0 Å². The molecule has 82 valence electrons. The molecule has 1 heterocycles. The highest BCUT2D eigenvalue weighted by atomic mass is 35.7. The van der Waals surface area contributed by atoms with Gasteiger partial charge in [0.25, 0.3) is 0 Å². The lowest BCUT2D eigenvalue weighted by molar-refractivity contribution is 0.0593. The number of ether oxygens (including phenoxy) is 1. The SMILES string of the molecule is COC(=O)c1cnc(CS(=O)(=O)Cl)cn1. The second-order valence-corrected chi connectivity index (χ2v) is 5.34. The number of hydrogen-bond donors (Lipinski definition) is 0. The molecular formula is C7H7ClN2O4S. The van der Waals surface area contributed by atoms with E-state index in [9.17, 15) is 13.2 Å². The first-order valence-electron chi connectivity index (χ1n) is 3.74. The number of rotatable bonds is 3. The van der Waals surface area contributed by atoms with Gasteiger partial charge in [-0.05, 0) is 0 Å². The quantitative estimate of drug-likeness (QED) is 0.568. The maximum absolute atomic E-state index is 10.9. The van der Waals surface area contributed by atoms with Crippen LogP contribution in [0.1, 0.15) is 16.2 Å². The molecule has 0 N–H and O–H groups in total. The number of aromatic nitrogens is 2. The van der Waals surface area contributed by atoms with E-state index in [1.807, 2.05) is 0 Å². The van der Waals surface area contributed by atoms with Gasteiger partial charge in [0.2, 0.25) is 9.05 Å². The summed E-state index contributed by atoms with van der Waals surface area (Å²) in [6.07, 6.45) is 2.29. The summed E-state index contributed by atoms with van der Waals surface area (Å²) >= 11 is 0. The van der Waals surface area contributed by atoms with Gasteiger partial charge in [-0.3, -0.25) is 4.98 Å². The zero-order valence-electron chi connectivity index (χ0n) is 7.68. The standard InChI is InChI=1S/C7H7ClN2O4S/c1-14-7(11)6-3-9-5(2-10-6)4-15(8,12)13/h2-3H,4H2,1H3. The maximum atomic E-state index is 10.9. The van der Waals surface area contributed by atoms with Gasteiger partial charge in [0.1, 0.15) is 5.75 Å². The van der Waals surface area contributed by atoms with Gasteiger partial charge in [0, 0.05) is 10.7 Å². The van der Waals surface area contributed by atoms with Crippen LogP contribution in [0, 0.1) is 0 Å². The summed E-state index contributed by atoms with van der Waals surface area (Å²) < 4.78 is 25.8. The van der Waals surface area contributed by atoms with Crippen LogP contribution in [-0.4, -0.2) is 31.5 Å². The van der Waals surface area contributed by atoms with Crippen LogP contribution in [0.5, 0.6) is 0 Å². The van der Waals surface area contributed by atoms with E-state index in [4.69, 9.17) is 10.7 Å². The molecule has 0 spiro atoms. The molecular weight excluding hydrogens is 244 g/mol. The van der Waals surface area contributed by atoms with Crippen molar-refractivity contribution in [1.82, 2.24) is 9.97 Å². The summed E-state index contributed by atoms with van der Waals surface area (Å²) in [5.41, 5.74) is 0.172. The molecule has 1 rings (SSSR count). The van der Waals surface area contributed by atoms with E-state index >= 15 is 0 Å². The van der Waals surface area contributed by atoms with E-state index in [1.54, 1.807) is 0 Å². The highest BCUT2D eigenvalue weighted by molar-refractivity contribution is 8.13. The minimum absolute atomic E-state index is 0.00761. The Hall–Kier alpha value is -1.21. The number of esters is 1. The molecule has 0 atom stereocenters. The first kappa shape index (κ1) is 11.9. The largest absolute Gasteiger partial charge is 0.464 e. The highest BCUT2D eigenvalue weighted by Gasteiger charge is 2.11. The Morgan fingerprint density at radius 1 is 1.47 bits per heavy atom. The fraction of sp³-hybridized carbons (Fsp3) is 0.286. The zero-order valence-corrected chi connectivity index (χ0v) is 9.25. The molecule has 8 heteroatoms. The van der Waals surface area contributed by atoms with Crippen molar-refractivity contribution in [2.75, 3.05) is 7.11 Å². The summed E-state index contributed by atoms with van der Waals surface area (Å²) in [5, 5.41) is 0. The first-order valence-corrected chi connectivity index (χ1v) is 6.22. The second kappa shape index (κ2) is 4.54. The molecule has 0 fully saturated rings. The van der Waals surface area contributed by atoms with Crippen molar-refractivity contribution in [2.45, 2.75) is 5.75 Å². The third kappa shape index (κ3) is 3.80. The first-order chi connectivity index (χ1) is 6.92. The molecule has 1 aromatic rings. The lowest BCUT2D eigenvalue weighted by Crippen LogP contribution is -2.07. The van der Waals surface area contributed by atoms with Crippen LogP contribution in [0.25, 0.3) is 0 Å². The number of hydrogen-bond acceptors (Lipinski definition) is 6. The van der Waals surface area contributed by atoms with E-state index in [1.165, 1.54) is 7.11 Å². The maximum Gasteiger partial charge on any atom is 0.358 e. The lowest BCUT2D eigenvalue weighted by atomic mass is 10.4. The van der Waals surface area contributed by atoms with Crippen molar-refractivity contribution < 1.29 is 17.9 Å². The molecule has 0 aromatic carbocycles. The normalized spacial score (nSPS) is 11.1. The van der Waals surface area contributed by atoms with Gasteiger partial charge in [-0.15, -0.1) is 0 Å². The van der Waals surface area contributed by atoms with Crippen molar-refractivity contribution >= 4 is 25.7 Å². The topological polar surface area (TPSA) is 86.2 Å². The van der Waals surface area contributed by atoms with E-state index in [2.05, 4.69) is 14.7 Å². The van der Waals surface area contributed by atoms with Gasteiger partial charge in [-0.25, -0.2) is 18.2 Å². The minimum atomic E-state index is -3.66. The van der Waals surface area contributed by atoms with Crippen LogP contribution >= 0.6 is 10.7 Å². The van der Waals surface area contributed by atoms with Gasteiger partial charge >= 0.3 is 5.97 Å². The smallest absolute Gasteiger partial charge is 0.358 e. The van der Waals surface area contributed by atoms with Crippen LogP contribution in [0.15, 0.2) is 12.4 Å². The molecule has 0 aliphatic rings. The van der Waals surface area contributed by atoms with Gasteiger partial charge in [-0.1, -0.05) is 0 Å². The number of carbonyl (C=O) groups is 1. The van der Waals surface area contributed by atoms with Crippen LogP contribution < -0.4 is 0 Å². The monoisotopic (exact) mass is 250 g/mol.